The van der Waals surface area contributed by atoms with Gasteiger partial charge in [0.1, 0.15) is 0 Å². The van der Waals surface area contributed by atoms with Gasteiger partial charge in [-0.2, -0.15) is 0 Å². The molecule has 0 aliphatic rings. The van der Waals surface area contributed by atoms with Crippen LogP contribution in [-0.2, 0) is 0 Å². The van der Waals surface area contributed by atoms with E-state index in [9.17, 15) is 23.7 Å². The molecule has 0 heterocycles. The van der Waals surface area contributed by atoms with Crippen LogP contribution in [0.15, 0.2) is 36.4 Å². The quantitative estimate of drug-likeness (QED) is 0.635. The minimum Gasteiger partial charge on any atom is -0.487 e. The Hall–Kier alpha value is -3.03. The number of nitro benzene ring substituents is 1. The molecule has 0 aromatic heterocycles. The number of hydrogen-bond acceptors (Lipinski definition) is 4. The Labute approximate surface area is 142 Å². The van der Waals surface area contributed by atoms with Crippen molar-refractivity contribution >= 4 is 11.6 Å². The zero-order valence-electron chi connectivity index (χ0n) is 13.6. The summed E-state index contributed by atoms with van der Waals surface area (Å²) in [4.78, 5) is 22.7. The summed E-state index contributed by atoms with van der Waals surface area (Å²) in [6.45, 7) is 3.53. The third-order valence-corrected chi connectivity index (χ3v) is 3.51. The molecule has 2 rings (SSSR count). The number of benzene rings is 2. The molecular formula is C17H16F2N2O4. The molecule has 1 unspecified atom stereocenters. The normalized spacial score (nSPS) is 11.7. The number of ether oxygens (including phenoxy) is 1. The molecule has 6 nitrogen and oxygen atoms in total. The first-order chi connectivity index (χ1) is 11.8. The van der Waals surface area contributed by atoms with E-state index in [0.29, 0.717) is 5.56 Å². The molecular weight excluding hydrogens is 334 g/mol. The smallest absolute Gasteiger partial charge is 0.311 e. The van der Waals surface area contributed by atoms with Gasteiger partial charge in [-0.25, -0.2) is 8.78 Å². The number of carbonyl (C=O) groups excluding carboxylic acids is 1. The van der Waals surface area contributed by atoms with Crippen LogP contribution in [0.25, 0.3) is 0 Å². The van der Waals surface area contributed by atoms with Gasteiger partial charge < -0.3 is 10.1 Å². The summed E-state index contributed by atoms with van der Waals surface area (Å²) in [6.07, 6.45) is 0. The molecule has 0 aliphatic heterocycles. The largest absolute Gasteiger partial charge is 0.487 e. The Kier molecular flexibility index (Phi) is 5.63. The van der Waals surface area contributed by atoms with Gasteiger partial charge in [0.25, 0.3) is 5.91 Å². The van der Waals surface area contributed by atoms with Crippen molar-refractivity contribution in [3.63, 3.8) is 0 Å². The van der Waals surface area contributed by atoms with Gasteiger partial charge in [-0.3, -0.25) is 14.9 Å². The van der Waals surface area contributed by atoms with Gasteiger partial charge in [0.15, 0.2) is 17.4 Å². The Bertz CT molecular complexity index is 811. The van der Waals surface area contributed by atoms with Gasteiger partial charge >= 0.3 is 5.69 Å². The lowest BCUT2D eigenvalue weighted by Crippen LogP contribution is -2.26. The van der Waals surface area contributed by atoms with E-state index in [1.54, 1.807) is 13.8 Å². The fraction of sp³-hybridized carbons (Fsp3) is 0.235. The van der Waals surface area contributed by atoms with Gasteiger partial charge in [-0.05, 0) is 43.7 Å². The van der Waals surface area contributed by atoms with E-state index >= 15 is 0 Å². The maximum atomic E-state index is 13.3. The maximum Gasteiger partial charge on any atom is 0.311 e. The van der Waals surface area contributed by atoms with Gasteiger partial charge in [-0.1, -0.05) is 6.07 Å². The first-order valence-electron chi connectivity index (χ1n) is 7.50. The van der Waals surface area contributed by atoms with Crippen molar-refractivity contribution in [2.24, 2.45) is 0 Å². The second kappa shape index (κ2) is 7.69. The molecule has 0 spiro atoms. The highest BCUT2D eigenvalue weighted by Gasteiger charge is 2.20. The zero-order valence-corrected chi connectivity index (χ0v) is 13.6. The first-order valence-corrected chi connectivity index (χ1v) is 7.50. The molecule has 8 heteroatoms. The molecule has 0 saturated heterocycles. The van der Waals surface area contributed by atoms with Crippen LogP contribution < -0.4 is 10.1 Å². The fourth-order valence-corrected chi connectivity index (χ4v) is 2.22. The molecule has 132 valence electrons. The summed E-state index contributed by atoms with van der Waals surface area (Å²) in [5.41, 5.74) is 0.104. The highest BCUT2D eigenvalue weighted by molar-refractivity contribution is 5.95. The summed E-state index contributed by atoms with van der Waals surface area (Å²) in [6, 6.07) is 6.54. The number of nitro groups is 1. The maximum absolute atomic E-state index is 13.3. The summed E-state index contributed by atoms with van der Waals surface area (Å²) in [7, 11) is 0. The number of halogens is 2. The SMILES string of the molecule is CCOc1ccc(C(=O)NC(C)c2ccc(F)c(F)c2)cc1[N+](=O)[O-]. The van der Waals surface area contributed by atoms with E-state index in [1.807, 2.05) is 0 Å². The van der Waals surface area contributed by atoms with Crippen LogP contribution in [0.5, 0.6) is 5.75 Å². The fourth-order valence-electron chi connectivity index (χ4n) is 2.22. The van der Waals surface area contributed by atoms with E-state index in [0.717, 1.165) is 18.2 Å². The first kappa shape index (κ1) is 18.3. The van der Waals surface area contributed by atoms with Crippen LogP contribution in [0.4, 0.5) is 14.5 Å². The molecule has 0 fully saturated rings. The van der Waals surface area contributed by atoms with Crippen LogP contribution in [-0.4, -0.2) is 17.4 Å². The Balaban J connectivity index is 2.21. The molecule has 0 bridgehead atoms. The van der Waals surface area contributed by atoms with Gasteiger partial charge in [0, 0.05) is 11.6 Å². The predicted octanol–water partition coefficient (Wildman–Crippen LogP) is 3.76. The third-order valence-electron chi connectivity index (χ3n) is 3.51. The lowest BCUT2D eigenvalue weighted by molar-refractivity contribution is -0.385. The van der Waals surface area contributed by atoms with E-state index < -0.39 is 28.5 Å². The number of nitrogens with zero attached hydrogens (tertiary/aromatic N) is 1. The van der Waals surface area contributed by atoms with Crippen molar-refractivity contribution in [2.45, 2.75) is 19.9 Å². The number of rotatable bonds is 6. The lowest BCUT2D eigenvalue weighted by Gasteiger charge is -2.15. The van der Waals surface area contributed by atoms with Gasteiger partial charge in [0.05, 0.1) is 17.6 Å². The van der Waals surface area contributed by atoms with Crippen LogP contribution in [0.3, 0.4) is 0 Å². The summed E-state index contributed by atoms with van der Waals surface area (Å²) in [5.74, 6) is -2.51. The van der Waals surface area contributed by atoms with Gasteiger partial charge in [-0.15, -0.1) is 0 Å². The predicted molar refractivity (Wildman–Crippen MR) is 86.5 cm³/mol. The standard InChI is InChI=1S/C17H16F2N2O4/c1-3-25-16-7-5-12(9-15(16)21(23)24)17(22)20-10(2)11-4-6-13(18)14(19)8-11/h4-10H,3H2,1-2H3,(H,20,22). The third kappa shape index (κ3) is 4.28. The van der Waals surface area contributed by atoms with E-state index in [2.05, 4.69) is 5.32 Å². The zero-order chi connectivity index (χ0) is 18.6. The Morgan fingerprint density at radius 3 is 2.56 bits per heavy atom. The molecule has 2 aromatic carbocycles. The lowest BCUT2D eigenvalue weighted by atomic mass is 10.1. The Morgan fingerprint density at radius 1 is 1.24 bits per heavy atom. The molecule has 2 aromatic rings. The number of carbonyl (C=O) groups is 1. The van der Waals surface area contributed by atoms with Crippen LogP contribution in [0, 0.1) is 21.7 Å². The van der Waals surface area contributed by atoms with Crippen molar-refractivity contribution in [1.29, 1.82) is 0 Å². The second-order valence-electron chi connectivity index (χ2n) is 5.24. The highest BCUT2D eigenvalue weighted by atomic mass is 19.2. The summed E-state index contributed by atoms with van der Waals surface area (Å²) >= 11 is 0. The highest BCUT2D eigenvalue weighted by Crippen LogP contribution is 2.28. The molecule has 1 amide bonds. The van der Waals surface area contributed by atoms with Crippen molar-refractivity contribution in [3.05, 3.63) is 69.3 Å². The van der Waals surface area contributed by atoms with Crippen molar-refractivity contribution < 1.29 is 23.2 Å². The second-order valence-corrected chi connectivity index (χ2v) is 5.24. The average Bonchev–Trinajstić information content (AvgIpc) is 2.57. The molecule has 0 radical (unpaired) electrons. The van der Waals surface area contributed by atoms with Crippen molar-refractivity contribution in [2.75, 3.05) is 6.61 Å². The Morgan fingerprint density at radius 2 is 1.96 bits per heavy atom. The molecule has 0 saturated carbocycles. The number of nitrogens with one attached hydrogen (secondary N) is 1. The number of amides is 1. The van der Waals surface area contributed by atoms with E-state index in [4.69, 9.17) is 4.74 Å². The monoisotopic (exact) mass is 350 g/mol. The van der Waals surface area contributed by atoms with E-state index in [1.165, 1.54) is 18.2 Å². The summed E-state index contributed by atoms with van der Waals surface area (Å²) < 4.78 is 31.4. The average molecular weight is 350 g/mol. The molecule has 1 N–H and O–H groups in total. The van der Waals surface area contributed by atoms with E-state index in [-0.39, 0.29) is 23.6 Å². The summed E-state index contributed by atoms with van der Waals surface area (Å²) in [5, 5.41) is 13.7. The minimum absolute atomic E-state index is 0.0598. The van der Waals surface area contributed by atoms with Crippen LogP contribution >= 0.6 is 0 Å². The van der Waals surface area contributed by atoms with Crippen molar-refractivity contribution in [3.8, 4) is 5.75 Å². The van der Waals surface area contributed by atoms with Crippen LogP contribution in [0.1, 0.15) is 35.8 Å². The molecule has 25 heavy (non-hydrogen) atoms. The number of hydrogen-bond donors (Lipinski definition) is 1. The van der Waals surface area contributed by atoms with Crippen molar-refractivity contribution in [1.82, 2.24) is 5.32 Å². The molecule has 1 atom stereocenters. The topological polar surface area (TPSA) is 81.5 Å². The van der Waals surface area contributed by atoms with Gasteiger partial charge in [0.2, 0.25) is 0 Å². The minimum atomic E-state index is -1.02. The molecule has 0 aliphatic carbocycles. The van der Waals surface area contributed by atoms with Crippen LogP contribution in [0.2, 0.25) is 0 Å².